The van der Waals surface area contributed by atoms with E-state index in [0.717, 1.165) is 10.8 Å². The average Bonchev–Trinajstić information content (AvgIpc) is 3.33. The number of amides is 1. The van der Waals surface area contributed by atoms with Gasteiger partial charge in [0, 0.05) is 5.92 Å². The lowest BCUT2D eigenvalue weighted by molar-refractivity contribution is -0.112. The van der Waals surface area contributed by atoms with Crippen LogP contribution < -0.4 is 14.8 Å². The zero-order valence-corrected chi connectivity index (χ0v) is 21.7. The van der Waals surface area contributed by atoms with Crippen molar-refractivity contribution in [1.82, 2.24) is 10.2 Å². The summed E-state index contributed by atoms with van der Waals surface area (Å²) in [5.74, 6) is 1.20. The van der Waals surface area contributed by atoms with Gasteiger partial charge in [-0.05, 0) is 60.9 Å². The first-order valence-electron chi connectivity index (χ1n) is 11.6. The van der Waals surface area contributed by atoms with E-state index < -0.39 is 5.91 Å². The van der Waals surface area contributed by atoms with E-state index in [-0.39, 0.29) is 11.5 Å². The molecule has 0 saturated heterocycles. The van der Waals surface area contributed by atoms with Crippen LogP contribution in [0.3, 0.4) is 0 Å². The lowest BCUT2D eigenvalue weighted by Crippen LogP contribution is -2.13. The molecular weight excluding hydrogens is 476 g/mol. The fourth-order valence-electron chi connectivity index (χ4n) is 3.00. The molecule has 8 nitrogen and oxygen atoms in total. The van der Waals surface area contributed by atoms with Gasteiger partial charge in [-0.2, -0.15) is 5.26 Å². The Bertz CT molecular complexity index is 1230. The molecule has 1 amide bonds. The van der Waals surface area contributed by atoms with Crippen LogP contribution >= 0.6 is 11.3 Å². The molecule has 0 aliphatic carbocycles. The third kappa shape index (κ3) is 8.18. The van der Waals surface area contributed by atoms with Crippen LogP contribution in [0.25, 0.3) is 6.08 Å². The van der Waals surface area contributed by atoms with Crippen LogP contribution in [0.5, 0.6) is 11.5 Å². The van der Waals surface area contributed by atoms with Gasteiger partial charge in [0.2, 0.25) is 5.13 Å². The smallest absolute Gasteiger partial charge is 0.268 e. The van der Waals surface area contributed by atoms with Crippen LogP contribution in [0.1, 0.15) is 41.5 Å². The number of nitrogens with one attached hydrogen (secondary N) is 1. The van der Waals surface area contributed by atoms with Gasteiger partial charge in [0.05, 0.1) is 13.2 Å². The van der Waals surface area contributed by atoms with E-state index in [9.17, 15) is 10.1 Å². The predicted octanol–water partition coefficient (Wildman–Crippen LogP) is 5.30. The number of benzene rings is 2. The summed E-state index contributed by atoms with van der Waals surface area (Å²) in [6, 6.07) is 15.1. The summed E-state index contributed by atoms with van der Waals surface area (Å²) in [7, 11) is 0. The summed E-state index contributed by atoms with van der Waals surface area (Å²) in [6.45, 7) is 9.88. The normalized spacial score (nSPS) is 11.3. The van der Waals surface area contributed by atoms with Gasteiger partial charge in [0.15, 0.2) is 0 Å². The van der Waals surface area contributed by atoms with Gasteiger partial charge in [-0.1, -0.05) is 43.4 Å². The van der Waals surface area contributed by atoms with Gasteiger partial charge in [-0.15, -0.1) is 10.2 Å². The summed E-state index contributed by atoms with van der Waals surface area (Å²) in [4.78, 5) is 12.4. The Balaban J connectivity index is 1.39. The molecule has 0 unspecified atom stereocenters. The molecule has 0 fully saturated rings. The first kappa shape index (κ1) is 26.9. The maximum absolute atomic E-state index is 12.4. The van der Waals surface area contributed by atoms with Gasteiger partial charge in [0.1, 0.15) is 41.4 Å². The molecular formula is C27H30N4O4S. The first-order valence-corrected chi connectivity index (χ1v) is 12.4. The van der Waals surface area contributed by atoms with Gasteiger partial charge in [-0.25, -0.2) is 0 Å². The number of hydrogen-bond donors (Lipinski definition) is 1. The van der Waals surface area contributed by atoms with Crippen LogP contribution in [0.15, 0.2) is 48.0 Å². The van der Waals surface area contributed by atoms with Gasteiger partial charge in [0.25, 0.3) is 5.91 Å². The summed E-state index contributed by atoms with van der Waals surface area (Å²) in [5.41, 5.74) is 3.11. The van der Waals surface area contributed by atoms with E-state index in [1.165, 1.54) is 28.5 Å². The third-order valence-electron chi connectivity index (χ3n) is 5.18. The maximum atomic E-state index is 12.4. The van der Waals surface area contributed by atoms with E-state index >= 15 is 0 Å². The highest BCUT2D eigenvalue weighted by Crippen LogP contribution is 2.23. The number of anilines is 1. The van der Waals surface area contributed by atoms with E-state index in [1.807, 2.05) is 38.1 Å². The fraction of sp³-hybridized carbons (Fsp3) is 0.333. The molecule has 0 aliphatic heterocycles. The first-order chi connectivity index (χ1) is 17.4. The molecule has 3 rings (SSSR count). The van der Waals surface area contributed by atoms with Crippen molar-refractivity contribution in [1.29, 1.82) is 5.26 Å². The van der Waals surface area contributed by atoms with Crippen molar-refractivity contribution in [3.8, 4) is 17.6 Å². The lowest BCUT2D eigenvalue weighted by atomic mass is 10.1. The fourth-order valence-corrected chi connectivity index (χ4v) is 3.74. The van der Waals surface area contributed by atoms with Gasteiger partial charge in [-0.3, -0.25) is 10.1 Å². The Morgan fingerprint density at radius 2 is 1.67 bits per heavy atom. The molecule has 3 aromatic rings. The van der Waals surface area contributed by atoms with E-state index in [0.29, 0.717) is 42.9 Å². The van der Waals surface area contributed by atoms with Crippen molar-refractivity contribution in [3.05, 3.63) is 69.7 Å². The Morgan fingerprint density at radius 1 is 1.00 bits per heavy atom. The minimum atomic E-state index is -0.525. The molecule has 0 radical (unpaired) electrons. The van der Waals surface area contributed by atoms with Crippen LogP contribution in [0.4, 0.5) is 5.13 Å². The highest BCUT2D eigenvalue weighted by molar-refractivity contribution is 7.15. The predicted molar refractivity (Wildman–Crippen MR) is 140 cm³/mol. The molecule has 36 heavy (non-hydrogen) atoms. The Labute approximate surface area is 215 Å². The number of rotatable bonds is 12. The molecule has 0 atom stereocenters. The molecule has 0 saturated carbocycles. The number of ether oxygens (including phenoxy) is 3. The largest absolute Gasteiger partial charge is 0.491 e. The Morgan fingerprint density at radius 3 is 2.28 bits per heavy atom. The molecule has 1 aromatic heterocycles. The quantitative estimate of drug-likeness (QED) is 0.202. The summed E-state index contributed by atoms with van der Waals surface area (Å²) >= 11 is 1.29. The lowest BCUT2D eigenvalue weighted by Gasteiger charge is -2.10. The minimum absolute atomic E-state index is 0.0265. The van der Waals surface area contributed by atoms with Gasteiger partial charge >= 0.3 is 0 Å². The number of carbonyl (C=O) groups excluding carboxylic acids is 1. The van der Waals surface area contributed by atoms with Crippen LogP contribution in [-0.4, -0.2) is 42.5 Å². The molecule has 188 valence electrons. The van der Waals surface area contributed by atoms with Crippen molar-refractivity contribution >= 4 is 28.5 Å². The molecule has 1 heterocycles. The summed E-state index contributed by atoms with van der Waals surface area (Å²) in [5, 5.41) is 21.2. The zero-order valence-electron chi connectivity index (χ0n) is 20.9. The highest BCUT2D eigenvalue weighted by atomic mass is 32.1. The monoisotopic (exact) mass is 506 g/mol. The average molecular weight is 507 g/mol. The number of carbonyl (C=O) groups is 1. The van der Waals surface area contributed by atoms with E-state index in [2.05, 4.69) is 29.4 Å². The molecule has 1 N–H and O–H groups in total. The molecule has 2 aromatic carbocycles. The minimum Gasteiger partial charge on any atom is -0.491 e. The highest BCUT2D eigenvalue weighted by Gasteiger charge is 2.14. The maximum Gasteiger partial charge on any atom is 0.268 e. The molecule has 0 spiro atoms. The van der Waals surface area contributed by atoms with Crippen molar-refractivity contribution < 1.29 is 19.0 Å². The third-order valence-corrected chi connectivity index (χ3v) is 6.32. The van der Waals surface area contributed by atoms with E-state index in [1.54, 1.807) is 24.3 Å². The topological polar surface area (TPSA) is 106 Å². The standard InChI is InChI=1S/C27H30N4O4S/c1-18(2)26-30-31-27(36-26)29-25(32)22(17-28)16-21-6-9-23(10-7-21)34-13-11-33-12-14-35-24-8-5-19(3)20(4)15-24/h5-10,15-16,18H,11-14H2,1-4H3,(H,29,31,32)/b22-16-. The zero-order chi connectivity index (χ0) is 25.9. The second-order valence-corrected chi connectivity index (χ2v) is 9.36. The number of nitriles is 1. The number of aromatic nitrogens is 2. The molecule has 9 heteroatoms. The SMILES string of the molecule is Cc1ccc(OCCOCCOc2ccc(/C=C(/C#N)C(=O)Nc3nnc(C(C)C)s3)cc2)cc1C. The van der Waals surface area contributed by atoms with Crippen LogP contribution in [-0.2, 0) is 9.53 Å². The van der Waals surface area contributed by atoms with E-state index in [4.69, 9.17) is 14.2 Å². The Hall–Kier alpha value is -3.74. The second-order valence-electron chi connectivity index (χ2n) is 8.35. The Kier molecular flexibility index (Phi) is 9.98. The second kappa shape index (κ2) is 13.4. The van der Waals surface area contributed by atoms with Crippen molar-refractivity contribution in [2.45, 2.75) is 33.6 Å². The van der Waals surface area contributed by atoms with Crippen LogP contribution in [0.2, 0.25) is 0 Å². The molecule has 0 aliphatic rings. The van der Waals surface area contributed by atoms with Crippen molar-refractivity contribution in [3.63, 3.8) is 0 Å². The number of aryl methyl sites for hydroxylation is 2. The molecule has 0 bridgehead atoms. The summed E-state index contributed by atoms with van der Waals surface area (Å²) < 4.78 is 16.9. The van der Waals surface area contributed by atoms with Crippen molar-refractivity contribution in [2.24, 2.45) is 0 Å². The van der Waals surface area contributed by atoms with Gasteiger partial charge < -0.3 is 14.2 Å². The van der Waals surface area contributed by atoms with Crippen LogP contribution in [0, 0.1) is 25.2 Å². The van der Waals surface area contributed by atoms with Crippen molar-refractivity contribution in [2.75, 3.05) is 31.7 Å². The number of nitrogens with zero attached hydrogens (tertiary/aromatic N) is 3. The number of hydrogen-bond acceptors (Lipinski definition) is 8. The summed E-state index contributed by atoms with van der Waals surface area (Å²) in [6.07, 6.45) is 1.52.